The first-order valence-electron chi connectivity index (χ1n) is 4.34. The average molecular weight is 201 g/mol. The maximum Gasteiger partial charge on any atom is 0.228 e. The van der Waals surface area contributed by atoms with E-state index < -0.39 is 6.86 Å². The molecule has 0 amide bonds. The van der Waals surface area contributed by atoms with Gasteiger partial charge < -0.3 is 4.74 Å². The van der Waals surface area contributed by atoms with Crippen LogP contribution in [-0.4, -0.2) is 18.7 Å². The number of rotatable bonds is 3. The summed E-state index contributed by atoms with van der Waals surface area (Å²) >= 11 is 1.75. The van der Waals surface area contributed by atoms with E-state index in [1.807, 2.05) is 12.2 Å². The summed E-state index contributed by atoms with van der Waals surface area (Å²) in [4.78, 5) is 0. The lowest BCUT2D eigenvalue weighted by atomic mass is 9.93. The van der Waals surface area contributed by atoms with Gasteiger partial charge in [0.25, 0.3) is 0 Å². The highest BCUT2D eigenvalue weighted by Gasteiger charge is 2.26. The summed E-state index contributed by atoms with van der Waals surface area (Å²) in [5.74, 6) is 2.38. The standard InChI is InChI=1S/C9H12FNOS/c10-6-12-8-3-1-7(2-4-8)9-5-13-11-9/h1,3-4,7,9,11H,2,5-6H2. The Labute approximate surface area is 81.4 Å². The fourth-order valence-electron chi connectivity index (χ4n) is 1.48. The third-order valence-electron chi connectivity index (χ3n) is 2.33. The van der Waals surface area contributed by atoms with Gasteiger partial charge in [0, 0.05) is 11.8 Å². The first-order valence-corrected chi connectivity index (χ1v) is 5.33. The smallest absolute Gasteiger partial charge is 0.228 e. The Kier molecular flexibility index (Phi) is 2.90. The normalized spacial score (nSPS) is 32.2. The number of ether oxygens (including phenoxy) is 1. The van der Waals surface area contributed by atoms with Gasteiger partial charge in [0.2, 0.25) is 6.86 Å². The van der Waals surface area contributed by atoms with E-state index in [2.05, 4.69) is 10.8 Å². The molecule has 2 atom stereocenters. The molecule has 1 fully saturated rings. The van der Waals surface area contributed by atoms with Crippen molar-refractivity contribution in [3.63, 3.8) is 0 Å². The molecule has 13 heavy (non-hydrogen) atoms. The van der Waals surface area contributed by atoms with Crippen LogP contribution in [-0.2, 0) is 4.74 Å². The second-order valence-corrected chi connectivity index (χ2v) is 4.01. The van der Waals surface area contributed by atoms with Gasteiger partial charge in [-0.15, -0.1) is 0 Å². The first-order chi connectivity index (χ1) is 6.40. The fourth-order valence-corrected chi connectivity index (χ4v) is 2.26. The van der Waals surface area contributed by atoms with Gasteiger partial charge in [-0.3, -0.25) is 4.72 Å². The topological polar surface area (TPSA) is 21.3 Å². The average Bonchev–Trinajstić information content (AvgIpc) is 2.06. The summed E-state index contributed by atoms with van der Waals surface area (Å²) in [6.45, 7) is -0.738. The van der Waals surface area contributed by atoms with Crippen molar-refractivity contribution in [3.8, 4) is 0 Å². The lowest BCUT2D eigenvalue weighted by molar-refractivity contribution is 0.122. The quantitative estimate of drug-likeness (QED) is 0.706. The summed E-state index contributed by atoms with van der Waals surface area (Å²) in [6.07, 6.45) is 6.86. The van der Waals surface area contributed by atoms with Crippen LogP contribution in [0.15, 0.2) is 24.0 Å². The lowest BCUT2D eigenvalue weighted by Gasteiger charge is -2.33. The maximum absolute atomic E-state index is 11.8. The zero-order valence-electron chi connectivity index (χ0n) is 7.20. The van der Waals surface area contributed by atoms with Crippen LogP contribution in [0.25, 0.3) is 0 Å². The van der Waals surface area contributed by atoms with Crippen LogP contribution >= 0.6 is 11.9 Å². The molecule has 0 saturated carbocycles. The molecule has 0 bridgehead atoms. The van der Waals surface area contributed by atoms with Crippen molar-refractivity contribution >= 4 is 11.9 Å². The predicted molar refractivity (Wildman–Crippen MR) is 51.8 cm³/mol. The molecule has 0 radical (unpaired) electrons. The predicted octanol–water partition coefficient (Wildman–Crippen LogP) is 2.01. The van der Waals surface area contributed by atoms with Crippen molar-refractivity contribution in [1.29, 1.82) is 0 Å². The van der Waals surface area contributed by atoms with Crippen molar-refractivity contribution < 1.29 is 9.13 Å². The van der Waals surface area contributed by atoms with Crippen LogP contribution in [0.5, 0.6) is 0 Å². The minimum Gasteiger partial charge on any atom is -0.463 e. The molecule has 2 rings (SSSR count). The molecule has 1 N–H and O–H groups in total. The maximum atomic E-state index is 11.8. The van der Waals surface area contributed by atoms with Crippen LogP contribution in [0.2, 0.25) is 0 Å². The van der Waals surface area contributed by atoms with Gasteiger partial charge in [-0.2, -0.15) is 0 Å². The van der Waals surface area contributed by atoms with Gasteiger partial charge in [0.15, 0.2) is 0 Å². The molecule has 2 unspecified atom stereocenters. The third-order valence-corrected chi connectivity index (χ3v) is 3.33. The molecule has 1 saturated heterocycles. The van der Waals surface area contributed by atoms with E-state index in [4.69, 9.17) is 4.74 Å². The van der Waals surface area contributed by atoms with Crippen molar-refractivity contribution in [1.82, 2.24) is 4.72 Å². The zero-order chi connectivity index (χ0) is 9.10. The number of hydrogen-bond donors (Lipinski definition) is 1. The minimum absolute atomic E-state index is 0.549. The van der Waals surface area contributed by atoms with E-state index >= 15 is 0 Å². The first kappa shape index (κ1) is 9.09. The Morgan fingerprint density at radius 2 is 2.54 bits per heavy atom. The van der Waals surface area contributed by atoms with Gasteiger partial charge in [0.05, 0.1) is 0 Å². The van der Waals surface area contributed by atoms with Crippen LogP contribution in [0.1, 0.15) is 6.42 Å². The SMILES string of the molecule is FCOC1=CCC(C2CSN2)C=C1. The minimum atomic E-state index is -0.738. The monoisotopic (exact) mass is 201 g/mol. The zero-order valence-corrected chi connectivity index (χ0v) is 8.02. The molecular formula is C9H12FNOS. The Morgan fingerprint density at radius 1 is 1.69 bits per heavy atom. The molecule has 0 spiro atoms. The highest BCUT2D eigenvalue weighted by Crippen LogP contribution is 2.27. The van der Waals surface area contributed by atoms with Gasteiger partial charge in [-0.05, 0) is 24.5 Å². The second kappa shape index (κ2) is 4.15. The van der Waals surface area contributed by atoms with Gasteiger partial charge >= 0.3 is 0 Å². The van der Waals surface area contributed by atoms with Crippen LogP contribution in [0.4, 0.5) is 4.39 Å². The van der Waals surface area contributed by atoms with Gasteiger partial charge in [0.1, 0.15) is 5.76 Å². The molecule has 0 aromatic rings. The van der Waals surface area contributed by atoms with Crippen molar-refractivity contribution in [3.05, 3.63) is 24.0 Å². The Hall–Kier alpha value is -0.480. The molecule has 2 aliphatic rings. The highest BCUT2D eigenvalue weighted by atomic mass is 32.2. The molecule has 1 aliphatic heterocycles. The number of nitrogens with one attached hydrogen (secondary N) is 1. The summed E-state index contributed by atoms with van der Waals surface area (Å²) in [7, 11) is 0. The Bertz CT molecular complexity index is 238. The fraction of sp³-hybridized carbons (Fsp3) is 0.556. The van der Waals surface area contributed by atoms with Crippen LogP contribution < -0.4 is 4.72 Å². The summed E-state index contributed by atoms with van der Waals surface area (Å²) in [5, 5.41) is 0. The van der Waals surface area contributed by atoms with Gasteiger partial charge in [-0.25, -0.2) is 4.39 Å². The molecule has 0 aromatic carbocycles. The molecular weight excluding hydrogens is 189 g/mol. The van der Waals surface area contributed by atoms with E-state index in [1.54, 1.807) is 11.9 Å². The van der Waals surface area contributed by atoms with Crippen molar-refractivity contribution in [2.75, 3.05) is 12.6 Å². The van der Waals surface area contributed by atoms with Crippen molar-refractivity contribution in [2.24, 2.45) is 5.92 Å². The van der Waals surface area contributed by atoms with E-state index in [1.165, 1.54) is 5.75 Å². The molecule has 2 nitrogen and oxygen atoms in total. The van der Waals surface area contributed by atoms with E-state index in [9.17, 15) is 4.39 Å². The lowest BCUT2D eigenvalue weighted by Crippen LogP contribution is -2.42. The highest BCUT2D eigenvalue weighted by molar-refractivity contribution is 7.98. The largest absolute Gasteiger partial charge is 0.463 e. The molecule has 1 heterocycles. The molecule has 1 aliphatic carbocycles. The Balaban J connectivity index is 1.85. The summed E-state index contributed by atoms with van der Waals surface area (Å²) in [6, 6.07) is 0.587. The third kappa shape index (κ3) is 2.06. The van der Waals surface area contributed by atoms with E-state index in [0.29, 0.717) is 17.7 Å². The number of halogens is 1. The van der Waals surface area contributed by atoms with Crippen LogP contribution in [0.3, 0.4) is 0 Å². The number of alkyl halides is 1. The molecule has 4 heteroatoms. The van der Waals surface area contributed by atoms with Gasteiger partial charge in [-0.1, -0.05) is 18.0 Å². The number of allylic oxidation sites excluding steroid dienone is 2. The Morgan fingerprint density at radius 3 is 3.00 bits per heavy atom. The molecule has 72 valence electrons. The summed E-state index contributed by atoms with van der Waals surface area (Å²) in [5.41, 5.74) is 0. The van der Waals surface area contributed by atoms with Crippen LogP contribution in [0, 0.1) is 5.92 Å². The van der Waals surface area contributed by atoms with E-state index in [0.717, 1.165) is 6.42 Å². The summed E-state index contributed by atoms with van der Waals surface area (Å²) < 4.78 is 19.8. The number of hydrogen-bond acceptors (Lipinski definition) is 3. The van der Waals surface area contributed by atoms with Crippen molar-refractivity contribution in [2.45, 2.75) is 12.5 Å². The van der Waals surface area contributed by atoms with E-state index in [-0.39, 0.29) is 0 Å². The second-order valence-electron chi connectivity index (χ2n) is 3.15. The molecule has 0 aromatic heterocycles.